The normalized spacial score (nSPS) is 11.9. The van der Waals surface area contributed by atoms with Gasteiger partial charge in [0.05, 0.1) is 5.92 Å². The molecule has 0 heterocycles. The van der Waals surface area contributed by atoms with E-state index in [0.29, 0.717) is 5.56 Å². The second kappa shape index (κ2) is 10.6. The fraction of sp³-hybridized carbons (Fsp3) is 0.167. The van der Waals surface area contributed by atoms with E-state index in [2.05, 4.69) is 5.32 Å². The molecule has 166 valence electrons. The molecular weight excluding hydrogens is 430 g/mol. The summed E-state index contributed by atoms with van der Waals surface area (Å²) >= 11 is 0. The van der Waals surface area contributed by atoms with Crippen LogP contribution in [0.3, 0.4) is 0 Å². The van der Waals surface area contributed by atoms with Gasteiger partial charge >= 0.3 is 16.1 Å². The Hall–Kier alpha value is -3.65. The lowest BCUT2D eigenvalue weighted by Crippen LogP contribution is -2.31. The zero-order valence-corrected chi connectivity index (χ0v) is 18.2. The zero-order chi connectivity index (χ0) is 23.0. The Morgan fingerprint density at radius 2 is 1.47 bits per heavy atom. The Morgan fingerprint density at radius 3 is 2.06 bits per heavy atom. The van der Waals surface area contributed by atoms with Gasteiger partial charge < -0.3 is 14.2 Å². The van der Waals surface area contributed by atoms with E-state index in [1.165, 1.54) is 31.2 Å². The molecule has 3 aromatic carbocycles. The third-order valence-corrected chi connectivity index (χ3v) is 5.85. The van der Waals surface area contributed by atoms with Crippen LogP contribution in [-0.4, -0.2) is 26.8 Å². The molecule has 0 aliphatic rings. The number of esters is 1. The average Bonchev–Trinajstić information content (AvgIpc) is 2.80. The SMILES string of the molecule is CC(=O)NCC(C(=O)OCc1ccccc1)c1ccc(OS(=O)(=O)c2ccccc2)cc1. The predicted octanol–water partition coefficient (Wildman–Crippen LogP) is 3.42. The number of hydrogen-bond acceptors (Lipinski definition) is 6. The second-order valence-electron chi connectivity index (χ2n) is 7.00. The summed E-state index contributed by atoms with van der Waals surface area (Å²) in [4.78, 5) is 24.1. The predicted molar refractivity (Wildman–Crippen MR) is 118 cm³/mol. The minimum Gasteiger partial charge on any atom is -0.460 e. The van der Waals surface area contributed by atoms with Gasteiger partial charge in [0.25, 0.3) is 0 Å². The summed E-state index contributed by atoms with van der Waals surface area (Å²) in [6, 6.07) is 23.1. The molecule has 0 saturated carbocycles. The summed E-state index contributed by atoms with van der Waals surface area (Å²) < 4.78 is 35.4. The van der Waals surface area contributed by atoms with E-state index in [1.54, 1.807) is 30.3 Å². The molecule has 0 saturated heterocycles. The van der Waals surface area contributed by atoms with Gasteiger partial charge in [0.2, 0.25) is 5.91 Å². The summed E-state index contributed by atoms with van der Waals surface area (Å²) in [5.74, 6) is -1.44. The maximum absolute atomic E-state index is 12.7. The highest BCUT2D eigenvalue weighted by Crippen LogP contribution is 2.24. The standard InChI is InChI=1S/C24H23NO6S/c1-18(26)25-16-23(24(27)30-17-19-8-4-2-5-9-19)20-12-14-21(15-13-20)31-32(28,29)22-10-6-3-7-11-22/h2-15,23H,16-17H2,1H3,(H,25,26). The Balaban J connectivity index is 1.73. The fourth-order valence-corrected chi connectivity index (χ4v) is 3.88. The van der Waals surface area contributed by atoms with Crippen molar-refractivity contribution in [1.82, 2.24) is 5.32 Å². The molecule has 7 nitrogen and oxygen atoms in total. The van der Waals surface area contributed by atoms with Crippen LogP contribution in [-0.2, 0) is 31.1 Å². The Labute approximate surface area is 187 Å². The Kier molecular flexibility index (Phi) is 7.62. The van der Waals surface area contributed by atoms with Gasteiger partial charge in [-0.3, -0.25) is 9.59 Å². The van der Waals surface area contributed by atoms with Crippen molar-refractivity contribution in [2.45, 2.75) is 24.3 Å². The van der Waals surface area contributed by atoms with Crippen molar-refractivity contribution in [2.75, 3.05) is 6.54 Å². The minimum atomic E-state index is -3.97. The topological polar surface area (TPSA) is 98.8 Å². The van der Waals surface area contributed by atoms with Gasteiger partial charge in [-0.2, -0.15) is 8.42 Å². The van der Waals surface area contributed by atoms with Crippen LogP contribution >= 0.6 is 0 Å². The van der Waals surface area contributed by atoms with E-state index in [9.17, 15) is 18.0 Å². The maximum Gasteiger partial charge on any atom is 0.339 e. The first-order chi connectivity index (χ1) is 15.3. The van der Waals surface area contributed by atoms with Crippen LogP contribution in [0.2, 0.25) is 0 Å². The first kappa shape index (κ1) is 23.0. The molecule has 0 fully saturated rings. The van der Waals surface area contributed by atoms with Crippen LogP contribution < -0.4 is 9.50 Å². The van der Waals surface area contributed by atoms with Crippen LogP contribution in [0, 0.1) is 0 Å². The van der Waals surface area contributed by atoms with Gasteiger partial charge in [0.15, 0.2) is 0 Å². The minimum absolute atomic E-state index is 0.0390. The Morgan fingerprint density at radius 1 is 0.875 bits per heavy atom. The molecule has 1 amide bonds. The van der Waals surface area contributed by atoms with Crippen molar-refractivity contribution in [3.63, 3.8) is 0 Å². The van der Waals surface area contributed by atoms with E-state index < -0.39 is 22.0 Å². The molecule has 32 heavy (non-hydrogen) atoms. The van der Waals surface area contributed by atoms with Crippen LogP contribution in [0.1, 0.15) is 24.0 Å². The summed E-state index contributed by atoms with van der Waals surface area (Å²) in [5.41, 5.74) is 1.40. The fourth-order valence-electron chi connectivity index (χ4n) is 2.93. The van der Waals surface area contributed by atoms with Gasteiger partial charge in [-0.05, 0) is 35.4 Å². The van der Waals surface area contributed by atoms with Crippen LogP contribution in [0.5, 0.6) is 5.75 Å². The van der Waals surface area contributed by atoms with E-state index in [4.69, 9.17) is 8.92 Å². The van der Waals surface area contributed by atoms with E-state index >= 15 is 0 Å². The number of hydrogen-bond donors (Lipinski definition) is 1. The zero-order valence-electron chi connectivity index (χ0n) is 17.4. The van der Waals surface area contributed by atoms with E-state index in [1.807, 2.05) is 30.3 Å². The van der Waals surface area contributed by atoms with Crippen molar-refractivity contribution in [3.05, 3.63) is 96.1 Å². The van der Waals surface area contributed by atoms with Crippen molar-refractivity contribution in [3.8, 4) is 5.75 Å². The maximum atomic E-state index is 12.7. The molecule has 0 radical (unpaired) electrons. The summed E-state index contributed by atoms with van der Waals surface area (Å²) in [6.07, 6.45) is 0. The first-order valence-electron chi connectivity index (χ1n) is 9.89. The number of ether oxygens (including phenoxy) is 1. The molecule has 0 bridgehead atoms. The van der Waals surface area contributed by atoms with E-state index in [-0.39, 0.29) is 29.7 Å². The molecule has 1 atom stereocenters. The Bertz CT molecular complexity index is 1150. The molecule has 1 N–H and O–H groups in total. The molecule has 0 aliphatic carbocycles. The number of benzene rings is 3. The largest absolute Gasteiger partial charge is 0.460 e. The molecule has 0 aromatic heterocycles. The molecule has 3 aromatic rings. The third-order valence-electron chi connectivity index (χ3n) is 4.58. The van der Waals surface area contributed by atoms with Gasteiger partial charge in [0, 0.05) is 13.5 Å². The van der Waals surface area contributed by atoms with Gasteiger partial charge in [-0.1, -0.05) is 60.7 Å². The second-order valence-corrected chi connectivity index (χ2v) is 8.55. The van der Waals surface area contributed by atoms with Crippen LogP contribution in [0.15, 0.2) is 89.8 Å². The average molecular weight is 454 g/mol. The van der Waals surface area contributed by atoms with Crippen molar-refractivity contribution in [2.24, 2.45) is 0 Å². The molecule has 0 spiro atoms. The van der Waals surface area contributed by atoms with E-state index in [0.717, 1.165) is 5.56 Å². The molecule has 0 aliphatic heterocycles. The smallest absolute Gasteiger partial charge is 0.339 e. The lowest BCUT2D eigenvalue weighted by Gasteiger charge is -2.17. The number of amides is 1. The quantitative estimate of drug-likeness (QED) is 0.394. The molecule has 8 heteroatoms. The highest BCUT2D eigenvalue weighted by Gasteiger charge is 2.23. The summed E-state index contributed by atoms with van der Waals surface area (Å²) in [5, 5.41) is 2.63. The summed E-state index contributed by atoms with van der Waals surface area (Å²) in [6.45, 7) is 1.51. The molecule has 1 unspecified atom stereocenters. The lowest BCUT2D eigenvalue weighted by molar-refractivity contribution is -0.146. The number of rotatable bonds is 9. The highest BCUT2D eigenvalue weighted by molar-refractivity contribution is 7.87. The van der Waals surface area contributed by atoms with Gasteiger partial charge in [0.1, 0.15) is 17.3 Å². The highest BCUT2D eigenvalue weighted by atomic mass is 32.2. The molecular formula is C24H23NO6S. The van der Waals surface area contributed by atoms with Crippen molar-refractivity contribution < 1.29 is 26.9 Å². The third kappa shape index (κ3) is 6.42. The van der Waals surface area contributed by atoms with Crippen LogP contribution in [0.4, 0.5) is 0 Å². The number of carbonyl (C=O) groups excluding carboxylic acids is 2. The molecule has 3 rings (SSSR count). The summed E-state index contributed by atoms with van der Waals surface area (Å²) in [7, 11) is -3.97. The van der Waals surface area contributed by atoms with Crippen molar-refractivity contribution in [1.29, 1.82) is 0 Å². The van der Waals surface area contributed by atoms with Crippen LogP contribution in [0.25, 0.3) is 0 Å². The number of carbonyl (C=O) groups is 2. The van der Waals surface area contributed by atoms with Crippen molar-refractivity contribution >= 4 is 22.0 Å². The first-order valence-corrected chi connectivity index (χ1v) is 11.3. The van der Waals surface area contributed by atoms with Gasteiger partial charge in [-0.15, -0.1) is 0 Å². The monoisotopic (exact) mass is 453 g/mol. The number of nitrogens with one attached hydrogen (secondary N) is 1. The lowest BCUT2D eigenvalue weighted by atomic mass is 9.99. The van der Waals surface area contributed by atoms with Gasteiger partial charge in [-0.25, -0.2) is 0 Å².